The molecule has 0 saturated heterocycles. The second-order valence-corrected chi connectivity index (χ2v) is 14.1. The average molecular weight is 492 g/mol. The third-order valence-corrected chi connectivity index (χ3v) is 9.31. The van der Waals surface area contributed by atoms with Crippen molar-refractivity contribution in [1.82, 2.24) is 0 Å². The largest absolute Gasteiger partial charge is 0.117 e. The maximum absolute atomic E-state index is 2.82. The quantitative estimate of drug-likeness (QED) is 0.245. The summed E-state index contributed by atoms with van der Waals surface area (Å²) in [6.45, 7) is 9.58. The topological polar surface area (TPSA) is 0 Å². The Morgan fingerprint density at radius 3 is 1.58 bits per heavy atom. The molecule has 0 aromatic heterocycles. The van der Waals surface area contributed by atoms with Gasteiger partial charge >= 0.3 is 0 Å². The molecule has 0 aliphatic heterocycles. The van der Waals surface area contributed by atoms with E-state index in [4.69, 9.17) is 0 Å². The van der Waals surface area contributed by atoms with Gasteiger partial charge in [-0.15, -0.1) is 0 Å². The Morgan fingerprint density at radius 1 is 0.528 bits per heavy atom. The summed E-state index contributed by atoms with van der Waals surface area (Å²) in [6, 6.07) is 0. The van der Waals surface area contributed by atoms with Crippen LogP contribution in [-0.2, 0) is 0 Å². The summed E-state index contributed by atoms with van der Waals surface area (Å²) < 4.78 is 0. The third kappa shape index (κ3) is 12.2. The first kappa shape index (κ1) is 29.8. The van der Waals surface area contributed by atoms with Crippen LogP contribution < -0.4 is 0 Å². The predicted molar refractivity (Wildman–Crippen MR) is 163 cm³/mol. The Kier molecular flexibility index (Phi) is 13.0. The van der Waals surface area contributed by atoms with Crippen LogP contribution in [-0.4, -0.2) is 7.28 Å². The smallest absolute Gasteiger partial charge is 0.0846 e. The Hall–Kier alpha value is -0.715. The monoisotopic (exact) mass is 491 g/mol. The molecule has 0 aromatic rings. The van der Waals surface area contributed by atoms with Gasteiger partial charge in [0.05, 0.1) is 0 Å². The first-order chi connectivity index (χ1) is 17.3. The lowest BCUT2D eigenvalue weighted by Gasteiger charge is -2.27. The Balaban J connectivity index is 1.45. The molecule has 203 valence electrons. The van der Waals surface area contributed by atoms with E-state index in [0.29, 0.717) is 0 Å². The van der Waals surface area contributed by atoms with Crippen LogP contribution in [0.5, 0.6) is 0 Å². The van der Waals surface area contributed by atoms with Crippen molar-refractivity contribution in [2.75, 3.05) is 0 Å². The van der Waals surface area contributed by atoms with Crippen molar-refractivity contribution >= 4 is 7.28 Å². The van der Waals surface area contributed by atoms with Crippen LogP contribution in [0, 0.1) is 16.7 Å². The summed E-state index contributed by atoms with van der Waals surface area (Å²) in [4.78, 5) is 0. The van der Waals surface area contributed by atoms with Crippen molar-refractivity contribution in [3.8, 4) is 0 Å². The number of rotatable bonds is 7. The van der Waals surface area contributed by atoms with Crippen LogP contribution in [0.2, 0.25) is 11.6 Å². The van der Waals surface area contributed by atoms with Gasteiger partial charge < -0.3 is 0 Å². The molecule has 0 heterocycles. The van der Waals surface area contributed by atoms with Crippen LogP contribution in [0.1, 0.15) is 156 Å². The molecule has 0 bridgehead atoms. The fourth-order valence-electron chi connectivity index (χ4n) is 6.97. The van der Waals surface area contributed by atoms with E-state index in [9.17, 15) is 0 Å². The minimum atomic E-state index is 0.133. The molecule has 3 aliphatic carbocycles. The highest BCUT2D eigenvalue weighted by Gasteiger charge is 2.22. The summed E-state index contributed by atoms with van der Waals surface area (Å²) in [7, 11) is 2.82. The van der Waals surface area contributed by atoms with Gasteiger partial charge in [0.15, 0.2) is 0 Å². The molecule has 3 saturated carbocycles. The van der Waals surface area contributed by atoms with E-state index in [1.165, 1.54) is 128 Å². The van der Waals surface area contributed by atoms with Crippen LogP contribution in [0.4, 0.5) is 0 Å². The van der Waals surface area contributed by atoms with E-state index in [1.807, 2.05) is 0 Å². The Morgan fingerprint density at radius 2 is 1.00 bits per heavy atom. The second-order valence-electron chi connectivity index (χ2n) is 14.1. The maximum atomic E-state index is 2.82. The fraction of sp³-hybridized carbons (Fsp3) is 0.829. The van der Waals surface area contributed by atoms with E-state index in [1.54, 1.807) is 5.57 Å². The van der Waals surface area contributed by atoms with E-state index < -0.39 is 0 Å². The van der Waals surface area contributed by atoms with E-state index in [0.717, 1.165) is 17.6 Å². The highest BCUT2D eigenvalue weighted by molar-refractivity contribution is 6.39. The van der Waals surface area contributed by atoms with Crippen LogP contribution >= 0.6 is 0 Å². The molecule has 0 atom stereocenters. The maximum Gasteiger partial charge on any atom is 0.117 e. The zero-order chi connectivity index (χ0) is 25.7. The SMILES string of the molecule is CC(C)(C=C1CCCCCCC1)/C=C/C(C)(C)/C=C/C1CCCC([B]C2CCCCCCC2)CCC1. The second kappa shape index (κ2) is 15.6. The first-order valence-electron chi connectivity index (χ1n) is 16.3. The number of hydrogen-bond donors (Lipinski definition) is 0. The summed E-state index contributed by atoms with van der Waals surface area (Å²) in [6.07, 6.45) is 41.2. The van der Waals surface area contributed by atoms with Gasteiger partial charge in [-0.05, 0) is 44.4 Å². The Labute approximate surface area is 227 Å². The molecule has 3 aliphatic rings. The highest BCUT2D eigenvalue weighted by Crippen LogP contribution is 2.36. The zero-order valence-electron chi connectivity index (χ0n) is 24.8. The molecule has 36 heavy (non-hydrogen) atoms. The highest BCUT2D eigenvalue weighted by atomic mass is 14.2. The zero-order valence-corrected chi connectivity index (χ0v) is 24.8. The molecule has 0 aromatic carbocycles. The van der Waals surface area contributed by atoms with Gasteiger partial charge in [0.1, 0.15) is 7.28 Å². The van der Waals surface area contributed by atoms with Gasteiger partial charge in [0.2, 0.25) is 0 Å². The van der Waals surface area contributed by atoms with Gasteiger partial charge in [-0.2, -0.15) is 0 Å². The number of hydrogen-bond acceptors (Lipinski definition) is 0. The summed E-state index contributed by atoms with van der Waals surface area (Å²) >= 11 is 0. The lowest BCUT2D eigenvalue weighted by molar-refractivity contribution is 0.425. The average Bonchev–Trinajstić information content (AvgIpc) is 2.77. The standard InChI is InChI=1S/C35H60B/c1-34(2,27-28-35(3,4)29-31-17-11-7-5-8-12-18-31)26-25-30-19-15-23-33(24-16-20-30)36-32-21-13-9-6-10-14-22-32/h25-30,32-33H,5-24H2,1-4H3/b26-25+,28-27+. The van der Waals surface area contributed by atoms with Crippen molar-refractivity contribution in [2.45, 2.75) is 168 Å². The molecule has 1 radical (unpaired) electrons. The lowest BCUT2D eigenvalue weighted by atomic mass is 9.49. The van der Waals surface area contributed by atoms with Gasteiger partial charge in [0.25, 0.3) is 0 Å². The Bertz CT molecular complexity index is 665. The van der Waals surface area contributed by atoms with Crippen molar-refractivity contribution in [2.24, 2.45) is 16.7 Å². The number of allylic oxidation sites excluding steroid dienone is 6. The molecule has 0 spiro atoms. The van der Waals surface area contributed by atoms with Gasteiger partial charge in [-0.3, -0.25) is 0 Å². The lowest BCUT2D eigenvalue weighted by Crippen LogP contribution is -2.15. The van der Waals surface area contributed by atoms with E-state index >= 15 is 0 Å². The summed E-state index contributed by atoms with van der Waals surface area (Å²) in [5.74, 6) is 2.60. The molecule has 0 nitrogen and oxygen atoms in total. The molecular formula is C35H60B. The fourth-order valence-corrected chi connectivity index (χ4v) is 6.97. The molecule has 0 amide bonds. The van der Waals surface area contributed by atoms with Gasteiger partial charge in [-0.25, -0.2) is 0 Å². The van der Waals surface area contributed by atoms with E-state index in [-0.39, 0.29) is 10.8 Å². The van der Waals surface area contributed by atoms with Crippen molar-refractivity contribution < 1.29 is 0 Å². The van der Waals surface area contributed by atoms with Crippen LogP contribution in [0.3, 0.4) is 0 Å². The minimum Gasteiger partial charge on any atom is -0.0846 e. The molecular weight excluding hydrogens is 431 g/mol. The normalized spacial score (nSPS) is 27.1. The van der Waals surface area contributed by atoms with Crippen LogP contribution in [0.25, 0.3) is 0 Å². The van der Waals surface area contributed by atoms with Gasteiger partial charge in [0, 0.05) is 10.8 Å². The molecule has 3 fully saturated rings. The van der Waals surface area contributed by atoms with Crippen molar-refractivity contribution in [1.29, 1.82) is 0 Å². The summed E-state index contributed by atoms with van der Waals surface area (Å²) in [5.41, 5.74) is 1.99. The molecule has 3 rings (SSSR count). The molecule has 1 heteroatoms. The van der Waals surface area contributed by atoms with Crippen molar-refractivity contribution in [3.05, 3.63) is 36.0 Å². The molecule has 0 N–H and O–H groups in total. The minimum absolute atomic E-state index is 0.133. The van der Waals surface area contributed by atoms with Crippen molar-refractivity contribution in [3.63, 3.8) is 0 Å². The summed E-state index contributed by atoms with van der Waals surface area (Å²) in [5, 5.41) is 0. The molecule has 0 unspecified atom stereocenters. The van der Waals surface area contributed by atoms with Crippen LogP contribution in [0.15, 0.2) is 36.0 Å². The predicted octanol–water partition coefficient (Wildman–Crippen LogP) is 11.8. The van der Waals surface area contributed by atoms with Gasteiger partial charge in [-0.1, -0.05) is 165 Å². The first-order valence-corrected chi connectivity index (χ1v) is 16.3. The third-order valence-electron chi connectivity index (χ3n) is 9.31. The van der Waals surface area contributed by atoms with E-state index in [2.05, 4.69) is 65.4 Å².